The minimum Gasteiger partial charge on any atom is -0.341 e. The van der Waals surface area contributed by atoms with E-state index in [1.165, 1.54) is 18.3 Å². The van der Waals surface area contributed by atoms with Gasteiger partial charge in [-0.25, -0.2) is 0 Å². The van der Waals surface area contributed by atoms with Crippen LogP contribution in [0.15, 0.2) is 72.8 Å². The minimum absolute atomic E-state index is 0.0441. The molecule has 0 aliphatic heterocycles. The predicted molar refractivity (Wildman–Crippen MR) is 97.4 cm³/mol. The topological polar surface area (TPSA) is 55.4 Å². The molecule has 5 heteroatoms. The second-order valence-electron chi connectivity index (χ2n) is 5.48. The molecule has 3 rings (SSSR count). The van der Waals surface area contributed by atoms with Gasteiger partial charge in [0.05, 0.1) is 4.88 Å². The van der Waals surface area contributed by atoms with E-state index in [1.807, 2.05) is 42.5 Å². The zero-order chi connectivity index (χ0) is 17.6. The first kappa shape index (κ1) is 16.9. The van der Waals surface area contributed by atoms with Crippen LogP contribution >= 0.6 is 11.3 Å². The van der Waals surface area contributed by atoms with Gasteiger partial charge in [-0.15, -0.1) is 11.3 Å². The van der Waals surface area contributed by atoms with Crippen molar-refractivity contribution >= 4 is 23.2 Å². The number of hydrogen-bond donors (Lipinski definition) is 1. The lowest BCUT2D eigenvalue weighted by molar-refractivity contribution is -0.146. The van der Waals surface area contributed by atoms with Gasteiger partial charge in [0, 0.05) is 17.7 Å². The van der Waals surface area contributed by atoms with Crippen molar-refractivity contribution in [2.45, 2.75) is 12.8 Å². The first-order valence-corrected chi connectivity index (χ1v) is 8.64. The van der Waals surface area contributed by atoms with Crippen LogP contribution in [0.1, 0.15) is 38.5 Å². The van der Waals surface area contributed by atoms with Crippen molar-refractivity contribution in [1.82, 2.24) is 5.48 Å². The summed E-state index contributed by atoms with van der Waals surface area (Å²) in [7, 11) is 0. The summed E-state index contributed by atoms with van der Waals surface area (Å²) in [6.07, 6.45) is 0. The SMILES string of the molecule is CC(=O)ONC(=O)c1ccc(C(c2ccccc2)c2ccccc2)s1. The summed E-state index contributed by atoms with van der Waals surface area (Å²) in [6.45, 7) is 1.24. The summed E-state index contributed by atoms with van der Waals surface area (Å²) >= 11 is 1.39. The Hall–Kier alpha value is -2.92. The van der Waals surface area contributed by atoms with Gasteiger partial charge in [0.15, 0.2) is 0 Å². The van der Waals surface area contributed by atoms with E-state index in [9.17, 15) is 9.59 Å². The summed E-state index contributed by atoms with van der Waals surface area (Å²) in [5.41, 5.74) is 4.46. The lowest BCUT2D eigenvalue weighted by Gasteiger charge is -2.16. The summed E-state index contributed by atoms with van der Waals surface area (Å²) < 4.78 is 0. The molecule has 25 heavy (non-hydrogen) atoms. The monoisotopic (exact) mass is 351 g/mol. The second-order valence-corrected chi connectivity index (χ2v) is 6.60. The van der Waals surface area contributed by atoms with Crippen LogP contribution in [-0.2, 0) is 9.63 Å². The summed E-state index contributed by atoms with van der Waals surface area (Å²) in [5.74, 6) is -0.939. The smallest absolute Gasteiger partial charge is 0.329 e. The van der Waals surface area contributed by atoms with Crippen LogP contribution in [0, 0.1) is 0 Å². The Labute approximate surface area is 150 Å². The van der Waals surface area contributed by atoms with Gasteiger partial charge in [-0.05, 0) is 23.3 Å². The Morgan fingerprint density at radius 1 is 0.880 bits per heavy atom. The minimum atomic E-state index is -0.559. The van der Waals surface area contributed by atoms with Crippen LogP contribution in [0.25, 0.3) is 0 Å². The molecule has 1 aromatic heterocycles. The lowest BCUT2D eigenvalue weighted by atomic mass is 9.90. The third kappa shape index (κ3) is 4.14. The Morgan fingerprint density at radius 3 is 1.96 bits per heavy atom. The molecule has 0 aliphatic carbocycles. The third-order valence-electron chi connectivity index (χ3n) is 3.69. The van der Waals surface area contributed by atoms with E-state index in [0.717, 1.165) is 16.0 Å². The van der Waals surface area contributed by atoms with E-state index in [2.05, 4.69) is 34.6 Å². The number of carbonyl (C=O) groups excluding carboxylic acids is 2. The molecule has 0 bridgehead atoms. The fraction of sp³-hybridized carbons (Fsp3) is 0.100. The van der Waals surface area contributed by atoms with Crippen LogP contribution in [0.5, 0.6) is 0 Å². The summed E-state index contributed by atoms with van der Waals surface area (Å²) in [4.78, 5) is 29.0. The molecular weight excluding hydrogens is 334 g/mol. The molecule has 4 nitrogen and oxygen atoms in total. The maximum atomic E-state index is 12.1. The van der Waals surface area contributed by atoms with Crippen molar-refractivity contribution in [2.75, 3.05) is 0 Å². The molecule has 1 amide bonds. The molecule has 0 spiro atoms. The highest BCUT2D eigenvalue weighted by atomic mass is 32.1. The molecule has 3 aromatic rings. The summed E-state index contributed by atoms with van der Waals surface area (Å²) in [5, 5.41) is 0. The second kappa shape index (κ2) is 7.77. The first-order valence-electron chi connectivity index (χ1n) is 7.82. The molecule has 0 saturated carbocycles. The number of carbonyl (C=O) groups is 2. The largest absolute Gasteiger partial charge is 0.341 e. The van der Waals surface area contributed by atoms with Crippen LogP contribution in [0.2, 0.25) is 0 Å². The van der Waals surface area contributed by atoms with Crippen molar-refractivity contribution in [1.29, 1.82) is 0 Å². The Balaban J connectivity index is 1.93. The number of benzene rings is 2. The van der Waals surface area contributed by atoms with Crippen LogP contribution in [0.4, 0.5) is 0 Å². The molecule has 0 saturated heterocycles. The standard InChI is InChI=1S/C20H17NO3S/c1-14(22)24-21-20(23)18-13-12-17(25-18)19(15-8-4-2-5-9-15)16-10-6-3-7-11-16/h2-13,19H,1H3,(H,21,23). The van der Waals surface area contributed by atoms with Crippen molar-refractivity contribution < 1.29 is 14.4 Å². The van der Waals surface area contributed by atoms with Crippen molar-refractivity contribution in [3.8, 4) is 0 Å². The zero-order valence-corrected chi connectivity index (χ0v) is 14.5. The molecular formula is C20H17NO3S. The molecule has 126 valence electrons. The molecule has 0 unspecified atom stereocenters. The lowest BCUT2D eigenvalue weighted by Crippen LogP contribution is -2.24. The number of thiophene rings is 1. The van der Waals surface area contributed by atoms with Crippen molar-refractivity contribution in [2.24, 2.45) is 0 Å². The van der Waals surface area contributed by atoms with Gasteiger partial charge >= 0.3 is 5.97 Å². The van der Waals surface area contributed by atoms with Gasteiger partial charge in [0.25, 0.3) is 5.91 Å². The van der Waals surface area contributed by atoms with E-state index in [-0.39, 0.29) is 5.92 Å². The van der Waals surface area contributed by atoms with Crippen LogP contribution in [0.3, 0.4) is 0 Å². The number of hydrogen-bond acceptors (Lipinski definition) is 4. The van der Waals surface area contributed by atoms with E-state index in [0.29, 0.717) is 4.88 Å². The fourth-order valence-corrected chi connectivity index (χ4v) is 3.66. The third-order valence-corrected chi connectivity index (χ3v) is 4.84. The van der Waals surface area contributed by atoms with Crippen LogP contribution in [-0.4, -0.2) is 11.9 Å². The maximum absolute atomic E-state index is 12.1. The highest BCUT2D eigenvalue weighted by Crippen LogP contribution is 2.35. The van der Waals surface area contributed by atoms with Crippen molar-refractivity contribution in [3.05, 3.63) is 93.7 Å². The van der Waals surface area contributed by atoms with E-state index < -0.39 is 11.9 Å². The van der Waals surface area contributed by atoms with Crippen molar-refractivity contribution in [3.63, 3.8) is 0 Å². The van der Waals surface area contributed by atoms with E-state index >= 15 is 0 Å². The van der Waals surface area contributed by atoms with Crippen LogP contribution < -0.4 is 5.48 Å². The maximum Gasteiger partial charge on any atom is 0.329 e. The molecule has 0 radical (unpaired) electrons. The van der Waals surface area contributed by atoms with Gasteiger partial charge < -0.3 is 4.84 Å². The quantitative estimate of drug-likeness (QED) is 0.719. The molecule has 2 aromatic carbocycles. The van der Waals surface area contributed by atoms with Gasteiger partial charge in [0.1, 0.15) is 0 Å². The Bertz CT molecular complexity index is 819. The molecule has 0 atom stereocenters. The highest BCUT2D eigenvalue weighted by molar-refractivity contribution is 7.14. The van der Waals surface area contributed by atoms with E-state index in [1.54, 1.807) is 6.07 Å². The van der Waals surface area contributed by atoms with Gasteiger partial charge in [-0.2, -0.15) is 5.48 Å². The molecule has 0 aliphatic rings. The molecule has 1 heterocycles. The molecule has 1 N–H and O–H groups in total. The number of nitrogens with one attached hydrogen (secondary N) is 1. The highest BCUT2D eigenvalue weighted by Gasteiger charge is 2.20. The Kier molecular flexibility index (Phi) is 5.26. The first-order chi connectivity index (χ1) is 12.1. The summed E-state index contributed by atoms with van der Waals surface area (Å²) in [6, 6.07) is 24.0. The average Bonchev–Trinajstić information content (AvgIpc) is 3.11. The van der Waals surface area contributed by atoms with E-state index in [4.69, 9.17) is 0 Å². The average molecular weight is 351 g/mol. The molecule has 0 fully saturated rings. The van der Waals surface area contributed by atoms with Gasteiger partial charge in [-0.1, -0.05) is 60.7 Å². The fourth-order valence-electron chi connectivity index (χ4n) is 2.61. The van der Waals surface area contributed by atoms with Gasteiger partial charge in [-0.3, -0.25) is 9.59 Å². The number of amides is 1. The Morgan fingerprint density at radius 2 is 1.44 bits per heavy atom. The predicted octanol–water partition coefficient (Wildman–Crippen LogP) is 4.14. The number of rotatable bonds is 4. The number of hydroxylamine groups is 1. The zero-order valence-electron chi connectivity index (χ0n) is 13.6. The van der Waals surface area contributed by atoms with Gasteiger partial charge in [0.2, 0.25) is 0 Å². The normalized spacial score (nSPS) is 10.5.